The van der Waals surface area contributed by atoms with Crippen LogP contribution in [-0.4, -0.2) is 15.0 Å². The van der Waals surface area contributed by atoms with E-state index in [0.29, 0.717) is 17.5 Å². The molecule has 0 aliphatic rings. The molecule has 8 aromatic carbocycles. The molecule has 4 nitrogen and oxygen atoms in total. The molecule has 2 heterocycles. The Bertz CT molecular complexity index is 2830. The normalized spacial score (nSPS) is 11.5. The molecule has 4 heteroatoms. The van der Waals surface area contributed by atoms with Crippen molar-refractivity contribution in [3.05, 3.63) is 176 Å². The first-order valence-electron chi connectivity index (χ1n) is 17.1. The lowest BCUT2D eigenvalue weighted by Gasteiger charge is -2.12. The lowest BCUT2D eigenvalue weighted by atomic mass is 9.91. The van der Waals surface area contributed by atoms with Gasteiger partial charge in [0.1, 0.15) is 11.2 Å². The Morgan fingerprint density at radius 1 is 0.333 bits per heavy atom. The van der Waals surface area contributed by atoms with Gasteiger partial charge in [-0.25, -0.2) is 15.0 Å². The maximum absolute atomic E-state index is 6.83. The Kier molecular flexibility index (Phi) is 6.78. The van der Waals surface area contributed by atoms with Crippen molar-refractivity contribution < 1.29 is 4.42 Å². The van der Waals surface area contributed by atoms with E-state index in [2.05, 4.69) is 115 Å². The van der Waals surface area contributed by atoms with Gasteiger partial charge >= 0.3 is 0 Å². The van der Waals surface area contributed by atoms with E-state index in [4.69, 9.17) is 19.4 Å². The molecule has 10 rings (SSSR count). The van der Waals surface area contributed by atoms with E-state index in [0.717, 1.165) is 60.7 Å². The minimum absolute atomic E-state index is 0.626. The van der Waals surface area contributed by atoms with Gasteiger partial charge in [-0.05, 0) is 56.4 Å². The first-order chi connectivity index (χ1) is 25.3. The van der Waals surface area contributed by atoms with E-state index in [1.165, 1.54) is 21.7 Å². The molecular weight excluding hydrogens is 623 g/mol. The molecule has 0 unspecified atom stereocenters. The van der Waals surface area contributed by atoms with Crippen molar-refractivity contribution >= 4 is 43.5 Å². The summed E-state index contributed by atoms with van der Waals surface area (Å²) in [6.45, 7) is 0. The summed E-state index contributed by atoms with van der Waals surface area (Å²) in [5.74, 6) is 1.91. The number of rotatable bonds is 5. The molecule has 0 radical (unpaired) electrons. The van der Waals surface area contributed by atoms with Crippen molar-refractivity contribution in [3.8, 4) is 56.4 Å². The minimum Gasteiger partial charge on any atom is -0.455 e. The van der Waals surface area contributed by atoms with Gasteiger partial charge in [0.05, 0.1) is 0 Å². The van der Waals surface area contributed by atoms with E-state index in [1.54, 1.807) is 0 Å². The van der Waals surface area contributed by atoms with Gasteiger partial charge in [-0.3, -0.25) is 0 Å². The van der Waals surface area contributed by atoms with E-state index in [9.17, 15) is 0 Å². The lowest BCUT2D eigenvalue weighted by molar-refractivity contribution is 0.670. The quantitative estimate of drug-likeness (QED) is 0.186. The van der Waals surface area contributed by atoms with Crippen molar-refractivity contribution in [2.75, 3.05) is 0 Å². The first-order valence-corrected chi connectivity index (χ1v) is 17.1. The van der Waals surface area contributed by atoms with Crippen LogP contribution in [0, 0.1) is 0 Å². The van der Waals surface area contributed by atoms with Gasteiger partial charge in [0.25, 0.3) is 0 Å². The highest BCUT2D eigenvalue weighted by atomic mass is 16.3. The highest BCUT2D eigenvalue weighted by Gasteiger charge is 2.20. The molecule has 0 amide bonds. The standard InChI is InChI=1S/C47H29N3O/c1-3-13-32(14-4-1)45-48-46(33-15-5-2-6-16-33)50-47(49-45)34-24-22-31(23-25-34)38-26-27-40(39-21-11-19-30-12-9-10-20-37(30)39)43-41-28-35-17-7-8-18-36(35)29-42(41)51-44(38)43/h1-29H. The molecule has 0 N–H and O–H groups in total. The molecule has 10 aromatic rings. The van der Waals surface area contributed by atoms with Crippen molar-refractivity contribution in [3.63, 3.8) is 0 Å². The SMILES string of the molecule is c1ccc(-c2nc(-c3ccccc3)nc(-c3ccc(-c4ccc(-c5cccc6ccccc56)c5c4oc4cc6ccccc6cc45)cc3)n2)cc1. The summed E-state index contributed by atoms with van der Waals surface area (Å²) in [5.41, 5.74) is 8.98. The summed E-state index contributed by atoms with van der Waals surface area (Å²) in [6.07, 6.45) is 0. The predicted molar refractivity (Wildman–Crippen MR) is 209 cm³/mol. The summed E-state index contributed by atoms with van der Waals surface area (Å²) >= 11 is 0. The number of fused-ring (bicyclic) bond motifs is 5. The molecule has 0 saturated carbocycles. The average molecular weight is 652 g/mol. The zero-order valence-electron chi connectivity index (χ0n) is 27.5. The van der Waals surface area contributed by atoms with Crippen LogP contribution in [0.5, 0.6) is 0 Å². The van der Waals surface area contributed by atoms with Gasteiger partial charge in [-0.2, -0.15) is 0 Å². The summed E-state index contributed by atoms with van der Waals surface area (Å²) in [7, 11) is 0. The Morgan fingerprint density at radius 2 is 0.843 bits per heavy atom. The van der Waals surface area contributed by atoms with Crippen LogP contribution in [-0.2, 0) is 0 Å². The molecule has 0 atom stereocenters. The third kappa shape index (κ3) is 5.04. The molecule has 238 valence electrons. The molecule has 0 bridgehead atoms. The maximum atomic E-state index is 6.83. The number of nitrogens with zero attached hydrogens (tertiary/aromatic N) is 3. The highest BCUT2D eigenvalue weighted by molar-refractivity contribution is 6.20. The molecule has 0 saturated heterocycles. The molecule has 0 fully saturated rings. The highest BCUT2D eigenvalue weighted by Crippen LogP contribution is 2.44. The molecule has 0 spiro atoms. The summed E-state index contributed by atoms with van der Waals surface area (Å²) < 4.78 is 6.83. The number of aromatic nitrogens is 3. The average Bonchev–Trinajstić information content (AvgIpc) is 3.58. The minimum atomic E-state index is 0.626. The van der Waals surface area contributed by atoms with E-state index >= 15 is 0 Å². The molecule has 0 aliphatic carbocycles. The van der Waals surface area contributed by atoms with Crippen LogP contribution in [0.4, 0.5) is 0 Å². The Morgan fingerprint density at radius 3 is 1.51 bits per heavy atom. The zero-order valence-corrected chi connectivity index (χ0v) is 27.5. The fourth-order valence-corrected chi connectivity index (χ4v) is 7.21. The molecule has 51 heavy (non-hydrogen) atoms. The van der Waals surface area contributed by atoms with Crippen LogP contribution < -0.4 is 0 Å². The van der Waals surface area contributed by atoms with Crippen LogP contribution in [0.1, 0.15) is 0 Å². The Balaban J connectivity index is 1.15. The van der Waals surface area contributed by atoms with Gasteiger partial charge in [0.15, 0.2) is 17.5 Å². The topological polar surface area (TPSA) is 51.8 Å². The van der Waals surface area contributed by atoms with Crippen molar-refractivity contribution in [2.24, 2.45) is 0 Å². The lowest BCUT2D eigenvalue weighted by Crippen LogP contribution is -2.00. The zero-order chi connectivity index (χ0) is 33.7. The molecule has 0 aliphatic heterocycles. The Labute approximate surface area is 294 Å². The number of furan rings is 1. The van der Waals surface area contributed by atoms with Crippen LogP contribution in [0.2, 0.25) is 0 Å². The second kappa shape index (κ2) is 11.9. The van der Waals surface area contributed by atoms with Gasteiger partial charge in [-0.1, -0.05) is 158 Å². The number of benzene rings is 8. The van der Waals surface area contributed by atoms with E-state index in [1.807, 2.05) is 60.7 Å². The fourth-order valence-electron chi connectivity index (χ4n) is 7.21. The summed E-state index contributed by atoms with van der Waals surface area (Å²) in [5, 5.41) is 7.00. The maximum Gasteiger partial charge on any atom is 0.164 e. The fraction of sp³-hybridized carbons (Fsp3) is 0. The number of hydrogen-bond acceptors (Lipinski definition) is 4. The third-order valence-corrected chi connectivity index (χ3v) is 9.72. The monoisotopic (exact) mass is 651 g/mol. The molecular formula is C47H29N3O. The van der Waals surface area contributed by atoms with Crippen LogP contribution in [0.25, 0.3) is 99.9 Å². The van der Waals surface area contributed by atoms with Crippen LogP contribution in [0.3, 0.4) is 0 Å². The van der Waals surface area contributed by atoms with Crippen molar-refractivity contribution in [2.45, 2.75) is 0 Å². The number of hydrogen-bond donors (Lipinski definition) is 0. The van der Waals surface area contributed by atoms with Gasteiger partial charge in [0, 0.05) is 33.0 Å². The van der Waals surface area contributed by atoms with Crippen molar-refractivity contribution in [1.82, 2.24) is 15.0 Å². The van der Waals surface area contributed by atoms with Gasteiger partial charge < -0.3 is 4.42 Å². The predicted octanol–water partition coefficient (Wildman–Crippen LogP) is 12.4. The first kappa shape index (κ1) is 29.0. The van der Waals surface area contributed by atoms with Crippen molar-refractivity contribution in [1.29, 1.82) is 0 Å². The van der Waals surface area contributed by atoms with Gasteiger partial charge in [-0.15, -0.1) is 0 Å². The second-order valence-electron chi connectivity index (χ2n) is 12.8. The van der Waals surface area contributed by atoms with E-state index < -0.39 is 0 Å². The summed E-state index contributed by atoms with van der Waals surface area (Å²) in [6, 6.07) is 61.0. The van der Waals surface area contributed by atoms with Crippen LogP contribution in [0.15, 0.2) is 180 Å². The summed E-state index contributed by atoms with van der Waals surface area (Å²) in [4.78, 5) is 14.7. The second-order valence-corrected chi connectivity index (χ2v) is 12.8. The molecule has 2 aromatic heterocycles. The van der Waals surface area contributed by atoms with Crippen LogP contribution >= 0.6 is 0 Å². The van der Waals surface area contributed by atoms with Gasteiger partial charge in [0.2, 0.25) is 0 Å². The third-order valence-electron chi connectivity index (χ3n) is 9.72. The smallest absolute Gasteiger partial charge is 0.164 e. The Hall–Kier alpha value is -6.91. The van der Waals surface area contributed by atoms with E-state index in [-0.39, 0.29) is 0 Å². The largest absolute Gasteiger partial charge is 0.455 e.